The van der Waals surface area contributed by atoms with Crippen LogP contribution in [-0.2, 0) is 0 Å². The van der Waals surface area contributed by atoms with E-state index in [1.54, 1.807) is 13.8 Å². The van der Waals surface area contributed by atoms with E-state index in [0.717, 1.165) is 0 Å². The standard InChI is InChI=1S/C10H16BrN3O2/c1-9(2,10(3,4)16)13-6-5-12-14-8(15)7(6)11/h5,16H,1-4H3,(H2,13,14,15). The zero-order valence-corrected chi connectivity index (χ0v) is 11.3. The normalized spacial score (nSPS) is 12.6. The van der Waals surface area contributed by atoms with Crippen LogP contribution in [0.1, 0.15) is 27.7 Å². The van der Waals surface area contributed by atoms with E-state index in [1.165, 1.54) is 6.20 Å². The minimum absolute atomic E-state index is 0.309. The minimum atomic E-state index is -0.935. The van der Waals surface area contributed by atoms with Crippen molar-refractivity contribution in [2.24, 2.45) is 0 Å². The van der Waals surface area contributed by atoms with Crippen LogP contribution in [0, 0.1) is 0 Å². The molecule has 0 saturated heterocycles. The van der Waals surface area contributed by atoms with Crippen molar-refractivity contribution in [3.63, 3.8) is 0 Å². The second kappa shape index (κ2) is 4.18. The van der Waals surface area contributed by atoms with E-state index in [-0.39, 0.29) is 5.56 Å². The summed E-state index contributed by atoms with van der Waals surface area (Å²) < 4.78 is 0.375. The van der Waals surface area contributed by atoms with Gasteiger partial charge < -0.3 is 10.4 Å². The first-order valence-electron chi connectivity index (χ1n) is 4.89. The molecular formula is C10H16BrN3O2. The summed E-state index contributed by atoms with van der Waals surface area (Å²) in [6.45, 7) is 7.10. The second-order valence-corrected chi connectivity index (χ2v) is 5.53. The molecule has 1 heterocycles. The average Bonchev–Trinajstić information content (AvgIpc) is 2.11. The Kier molecular flexibility index (Phi) is 3.44. The van der Waals surface area contributed by atoms with Crippen LogP contribution in [0.2, 0.25) is 0 Å². The molecule has 0 aliphatic rings. The molecule has 0 fully saturated rings. The molecule has 0 atom stereocenters. The third-order valence-electron chi connectivity index (χ3n) is 2.77. The number of hydrogen-bond acceptors (Lipinski definition) is 4. The summed E-state index contributed by atoms with van der Waals surface area (Å²) in [7, 11) is 0. The summed E-state index contributed by atoms with van der Waals surface area (Å²) in [6, 6.07) is 0. The van der Waals surface area contributed by atoms with E-state index in [0.29, 0.717) is 10.2 Å². The predicted octanol–water partition coefficient (Wildman–Crippen LogP) is 1.49. The first-order valence-corrected chi connectivity index (χ1v) is 5.68. The quantitative estimate of drug-likeness (QED) is 0.788. The number of rotatable bonds is 3. The molecule has 0 bridgehead atoms. The lowest BCUT2D eigenvalue weighted by Gasteiger charge is -2.38. The van der Waals surface area contributed by atoms with Crippen molar-refractivity contribution in [3.8, 4) is 0 Å². The molecule has 1 rings (SSSR count). The first-order chi connectivity index (χ1) is 7.15. The van der Waals surface area contributed by atoms with Crippen molar-refractivity contribution in [2.45, 2.75) is 38.8 Å². The number of nitrogens with one attached hydrogen (secondary N) is 2. The topological polar surface area (TPSA) is 78.0 Å². The van der Waals surface area contributed by atoms with Crippen molar-refractivity contribution >= 4 is 21.6 Å². The molecule has 3 N–H and O–H groups in total. The smallest absolute Gasteiger partial charge is 0.280 e. The second-order valence-electron chi connectivity index (χ2n) is 4.74. The summed E-state index contributed by atoms with van der Waals surface area (Å²) in [5.74, 6) is 0. The fraction of sp³-hybridized carbons (Fsp3) is 0.600. The molecule has 0 saturated carbocycles. The molecule has 0 amide bonds. The Morgan fingerprint density at radius 3 is 2.50 bits per heavy atom. The largest absolute Gasteiger partial charge is 0.388 e. The SMILES string of the molecule is CC(C)(O)C(C)(C)Nc1cn[nH]c(=O)c1Br. The Morgan fingerprint density at radius 1 is 1.44 bits per heavy atom. The lowest BCUT2D eigenvalue weighted by molar-refractivity contribution is 0.0240. The zero-order chi connectivity index (χ0) is 12.6. The number of aliphatic hydroxyl groups is 1. The van der Waals surface area contributed by atoms with Crippen molar-refractivity contribution in [2.75, 3.05) is 5.32 Å². The minimum Gasteiger partial charge on any atom is -0.388 e. The van der Waals surface area contributed by atoms with Gasteiger partial charge in [-0.3, -0.25) is 4.79 Å². The summed E-state index contributed by atoms with van der Waals surface area (Å²) in [4.78, 5) is 11.3. The number of nitrogens with zero attached hydrogens (tertiary/aromatic N) is 1. The molecule has 1 aromatic rings. The van der Waals surface area contributed by atoms with Gasteiger partial charge >= 0.3 is 0 Å². The van der Waals surface area contributed by atoms with Crippen molar-refractivity contribution in [1.82, 2.24) is 10.2 Å². The molecule has 6 heteroatoms. The fourth-order valence-electron chi connectivity index (χ4n) is 0.960. The molecular weight excluding hydrogens is 274 g/mol. The van der Waals surface area contributed by atoms with Crippen molar-refractivity contribution in [1.29, 1.82) is 0 Å². The summed E-state index contributed by atoms with van der Waals surface area (Å²) in [6.07, 6.45) is 1.50. The van der Waals surface area contributed by atoms with Crippen LogP contribution in [0.5, 0.6) is 0 Å². The molecule has 0 aromatic carbocycles. The summed E-state index contributed by atoms with van der Waals surface area (Å²) >= 11 is 3.17. The molecule has 90 valence electrons. The number of halogens is 1. The first kappa shape index (κ1) is 13.2. The van der Waals surface area contributed by atoms with Crippen LogP contribution in [0.4, 0.5) is 5.69 Å². The Hall–Kier alpha value is -0.880. The van der Waals surface area contributed by atoms with Crippen molar-refractivity contribution in [3.05, 3.63) is 21.0 Å². The van der Waals surface area contributed by atoms with E-state index in [9.17, 15) is 9.90 Å². The number of aromatic nitrogens is 2. The van der Waals surface area contributed by atoms with E-state index < -0.39 is 11.1 Å². The van der Waals surface area contributed by atoms with Gasteiger partial charge in [0.15, 0.2) is 0 Å². The van der Waals surface area contributed by atoms with Gasteiger partial charge in [0.1, 0.15) is 4.47 Å². The van der Waals surface area contributed by atoms with Crippen LogP contribution in [0.15, 0.2) is 15.5 Å². The highest BCUT2D eigenvalue weighted by Crippen LogP contribution is 2.27. The third kappa shape index (κ3) is 2.62. The Labute approximate surface area is 102 Å². The highest BCUT2D eigenvalue weighted by atomic mass is 79.9. The number of aromatic amines is 1. The summed E-state index contributed by atoms with van der Waals surface area (Å²) in [5, 5.41) is 19.1. The van der Waals surface area contributed by atoms with Gasteiger partial charge in [-0.25, -0.2) is 5.10 Å². The van der Waals surface area contributed by atoms with Crippen molar-refractivity contribution < 1.29 is 5.11 Å². The van der Waals surface area contributed by atoms with E-state index in [1.807, 2.05) is 13.8 Å². The summed E-state index contributed by atoms with van der Waals surface area (Å²) in [5.41, 5.74) is -1.28. The molecule has 0 radical (unpaired) electrons. The van der Waals surface area contributed by atoms with E-state index >= 15 is 0 Å². The monoisotopic (exact) mass is 289 g/mol. The van der Waals surface area contributed by atoms with Gasteiger partial charge in [0, 0.05) is 0 Å². The van der Waals surface area contributed by atoms with E-state index in [2.05, 4.69) is 31.4 Å². The van der Waals surface area contributed by atoms with Crippen LogP contribution in [0.3, 0.4) is 0 Å². The number of anilines is 1. The van der Waals surface area contributed by atoms with Gasteiger partial charge in [-0.1, -0.05) is 0 Å². The highest BCUT2D eigenvalue weighted by molar-refractivity contribution is 9.10. The molecule has 0 aliphatic carbocycles. The molecule has 0 aliphatic heterocycles. The van der Waals surface area contributed by atoms with Gasteiger partial charge in [0.25, 0.3) is 5.56 Å². The van der Waals surface area contributed by atoms with Crippen LogP contribution in [0.25, 0.3) is 0 Å². The predicted molar refractivity (Wildman–Crippen MR) is 66.6 cm³/mol. The Morgan fingerprint density at radius 2 is 2.00 bits per heavy atom. The van der Waals surface area contributed by atoms with Crippen LogP contribution in [-0.4, -0.2) is 26.4 Å². The zero-order valence-electron chi connectivity index (χ0n) is 9.76. The third-order valence-corrected chi connectivity index (χ3v) is 3.56. The Balaban J connectivity index is 3.06. The Bertz CT molecular complexity index is 434. The highest BCUT2D eigenvalue weighted by Gasteiger charge is 2.35. The van der Waals surface area contributed by atoms with Crippen LogP contribution >= 0.6 is 15.9 Å². The molecule has 1 aromatic heterocycles. The number of hydrogen-bond donors (Lipinski definition) is 3. The van der Waals surface area contributed by atoms with Gasteiger partial charge in [-0.2, -0.15) is 5.10 Å². The molecule has 0 unspecified atom stereocenters. The van der Waals surface area contributed by atoms with Gasteiger partial charge in [0.2, 0.25) is 0 Å². The van der Waals surface area contributed by atoms with Gasteiger partial charge in [-0.05, 0) is 43.6 Å². The number of H-pyrrole nitrogens is 1. The van der Waals surface area contributed by atoms with Gasteiger partial charge in [0.05, 0.1) is 23.0 Å². The lowest BCUT2D eigenvalue weighted by Crippen LogP contribution is -2.51. The molecule has 0 spiro atoms. The average molecular weight is 290 g/mol. The lowest BCUT2D eigenvalue weighted by atomic mass is 9.86. The maximum atomic E-state index is 11.3. The maximum absolute atomic E-state index is 11.3. The molecule has 5 nitrogen and oxygen atoms in total. The molecule has 16 heavy (non-hydrogen) atoms. The fourth-order valence-corrected chi connectivity index (χ4v) is 1.25. The van der Waals surface area contributed by atoms with Crippen LogP contribution < -0.4 is 10.9 Å². The van der Waals surface area contributed by atoms with E-state index in [4.69, 9.17) is 0 Å². The maximum Gasteiger partial charge on any atom is 0.280 e. The van der Waals surface area contributed by atoms with Gasteiger partial charge in [-0.15, -0.1) is 0 Å².